The second kappa shape index (κ2) is 3.72. The fraction of sp³-hybridized carbons (Fsp3) is 0.933. The number of nitrogens with zero attached hydrogens (tertiary/aromatic N) is 1. The molecule has 0 radical (unpaired) electrons. The maximum absolute atomic E-state index is 11.2. The Bertz CT molecular complexity index is 360. The van der Waals surface area contributed by atoms with Crippen LogP contribution in [-0.2, 0) is 0 Å². The number of aliphatic hydroxyl groups is 1. The highest BCUT2D eigenvalue weighted by molar-refractivity contribution is 5.21. The van der Waals surface area contributed by atoms with Crippen molar-refractivity contribution in [3.63, 3.8) is 0 Å². The number of fused-ring (bicyclic) bond motifs is 2. The van der Waals surface area contributed by atoms with E-state index in [1.807, 2.05) is 0 Å². The van der Waals surface area contributed by atoms with Gasteiger partial charge in [0.2, 0.25) is 0 Å². The molecule has 0 aromatic rings. The Morgan fingerprint density at radius 1 is 1.24 bits per heavy atom. The van der Waals surface area contributed by atoms with Crippen molar-refractivity contribution in [2.45, 2.75) is 63.9 Å². The highest BCUT2D eigenvalue weighted by Gasteiger charge is 2.63. The maximum Gasteiger partial charge on any atom is 0.0893 e. The summed E-state index contributed by atoms with van der Waals surface area (Å²) in [5, 5.41) is 21.0. The standard InChI is InChI=1S/C15H23NO/c1-11-4-2-3-7-15(11,17)14(10-16)9-12-5-6-13(14)8-12/h11-13,17H,2-9H2,1H3. The van der Waals surface area contributed by atoms with Gasteiger partial charge in [0, 0.05) is 0 Å². The molecule has 0 aromatic carbocycles. The Hall–Kier alpha value is -0.550. The molecule has 0 aromatic heterocycles. The van der Waals surface area contributed by atoms with Gasteiger partial charge in [0.15, 0.2) is 0 Å². The molecule has 3 saturated carbocycles. The lowest BCUT2D eigenvalue weighted by molar-refractivity contribution is -0.139. The van der Waals surface area contributed by atoms with Gasteiger partial charge in [-0.1, -0.05) is 26.2 Å². The Balaban J connectivity index is 1.98. The first-order valence-corrected chi connectivity index (χ1v) is 7.26. The molecule has 0 aliphatic heterocycles. The van der Waals surface area contributed by atoms with Gasteiger partial charge in [-0.25, -0.2) is 0 Å². The van der Waals surface area contributed by atoms with Crippen LogP contribution in [0.4, 0.5) is 0 Å². The minimum absolute atomic E-state index is 0.301. The molecule has 5 unspecified atom stereocenters. The first-order valence-electron chi connectivity index (χ1n) is 7.26. The predicted molar refractivity (Wildman–Crippen MR) is 66.1 cm³/mol. The van der Waals surface area contributed by atoms with Gasteiger partial charge < -0.3 is 5.11 Å². The summed E-state index contributed by atoms with van der Waals surface area (Å²) in [5.41, 5.74) is -1.10. The van der Waals surface area contributed by atoms with Gasteiger partial charge in [0.25, 0.3) is 0 Å². The molecule has 0 spiro atoms. The van der Waals surface area contributed by atoms with E-state index < -0.39 is 11.0 Å². The van der Waals surface area contributed by atoms with Crippen LogP contribution in [0.25, 0.3) is 0 Å². The third-order valence-electron chi connectivity index (χ3n) is 6.08. The number of hydrogen-bond acceptors (Lipinski definition) is 2. The molecule has 3 rings (SSSR count). The second-order valence-corrected chi connectivity index (χ2v) is 6.73. The first kappa shape index (κ1) is 11.5. The Morgan fingerprint density at radius 3 is 2.59 bits per heavy atom. The molecule has 2 heteroatoms. The molecule has 2 bridgehead atoms. The van der Waals surface area contributed by atoms with Gasteiger partial charge in [-0.05, 0) is 49.9 Å². The zero-order valence-electron chi connectivity index (χ0n) is 10.8. The summed E-state index contributed by atoms with van der Waals surface area (Å²) in [6.45, 7) is 2.16. The van der Waals surface area contributed by atoms with Crippen LogP contribution < -0.4 is 0 Å². The van der Waals surface area contributed by atoms with Gasteiger partial charge in [-0.15, -0.1) is 0 Å². The first-order chi connectivity index (χ1) is 8.12. The van der Waals surface area contributed by atoms with Crippen molar-refractivity contribution >= 4 is 0 Å². The summed E-state index contributed by atoms with van der Waals surface area (Å²) in [4.78, 5) is 0. The van der Waals surface area contributed by atoms with Crippen LogP contribution in [0.3, 0.4) is 0 Å². The summed E-state index contributed by atoms with van der Waals surface area (Å²) < 4.78 is 0. The van der Waals surface area contributed by atoms with Gasteiger partial charge in [-0.2, -0.15) is 5.26 Å². The average Bonchev–Trinajstić information content (AvgIpc) is 2.93. The molecule has 3 aliphatic carbocycles. The van der Waals surface area contributed by atoms with Gasteiger partial charge >= 0.3 is 0 Å². The molecule has 94 valence electrons. The van der Waals surface area contributed by atoms with Gasteiger partial charge in [-0.3, -0.25) is 0 Å². The fourth-order valence-corrected chi connectivity index (χ4v) is 5.09. The molecular weight excluding hydrogens is 210 g/mol. The van der Waals surface area contributed by atoms with E-state index in [2.05, 4.69) is 13.0 Å². The average molecular weight is 233 g/mol. The summed E-state index contributed by atoms with van der Waals surface area (Å²) in [5.74, 6) is 1.50. The topological polar surface area (TPSA) is 44.0 Å². The predicted octanol–water partition coefficient (Wildman–Crippen LogP) is 3.26. The zero-order valence-corrected chi connectivity index (χ0v) is 10.8. The Kier molecular flexibility index (Phi) is 2.52. The van der Waals surface area contributed by atoms with Crippen molar-refractivity contribution < 1.29 is 5.11 Å². The van der Waals surface area contributed by atoms with Crippen LogP contribution >= 0.6 is 0 Å². The highest BCUT2D eigenvalue weighted by Crippen LogP contribution is 2.63. The van der Waals surface area contributed by atoms with Crippen molar-refractivity contribution in [2.24, 2.45) is 23.2 Å². The van der Waals surface area contributed by atoms with E-state index in [1.54, 1.807) is 0 Å². The lowest BCUT2D eigenvalue weighted by Gasteiger charge is -2.51. The van der Waals surface area contributed by atoms with E-state index in [1.165, 1.54) is 25.7 Å². The summed E-state index contributed by atoms with van der Waals surface area (Å²) >= 11 is 0. The van der Waals surface area contributed by atoms with E-state index in [0.29, 0.717) is 11.8 Å². The smallest absolute Gasteiger partial charge is 0.0893 e. The van der Waals surface area contributed by atoms with Crippen LogP contribution in [0.1, 0.15) is 58.3 Å². The molecule has 2 nitrogen and oxygen atoms in total. The third kappa shape index (κ3) is 1.35. The lowest BCUT2D eigenvalue weighted by Crippen LogP contribution is -2.56. The van der Waals surface area contributed by atoms with Crippen molar-refractivity contribution in [1.82, 2.24) is 0 Å². The van der Waals surface area contributed by atoms with E-state index in [4.69, 9.17) is 0 Å². The van der Waals surface area contributed by atoms with Gasteiger partial charge in [0.05, 0.1) is 17.1 Å². The molecule has 3 fully saturated rings. The molecule has 0 heterocycles. The molecule has 0 amide bonds. The van der Waals surface area contributed by atoms with Crippen LogP contribution in [0.2, 0.25) is 0 Å². The van der Waals surface area contributed by atoms with Crippen LogP contribution in [0.15, 0.2) is 0 Å². The normalized spacial score (nSPS) is 53.6. The molecule has 0 saturated heterocycles. The van der Waals surface area contributed by atoms with Crippen LogP contribution in [-0.4, -0.2) is 10.7 Å². The van der Waals surface area contributed by atoms with E-state index in [-0.39, 0.29) is 0 Å². The number of hydrogen-bond donors (Lipinski definition) is 1. The molecule has 5 atom stereocenters. The largest absolute Gasteiger partial charge is 0.388 e. The summed E-state index contributed by atoms with van der Waals surface area (Å²) in [7, 11) is 0. The minimum Gasteiger partial charge on any atom is -0.388 e. The number of nitriles is 1. The van der Waals surface area contributed by atoms with Crippen molar-refractivity contribution in [1.29, 1.82) is 5.26 Å². The van der Waals surface area contributed by atoms with Crippen LogP contribution in [0.5, 0.6) is 0 Å². The monoisotopic (exact) mass is 233 g/mol. The van der Waals surface area contributed by atoms with E-state index >= 15 is 0 Å². The van der Waals surface area contributed by atoms with Crippen molar-refractivity contribution in [3.05, 3.63) is 0 Å². The van der Waals surface area contributed by atoms with E-state index in [9.17, 15) is 10.4 Å². The van der Waals surface area contributed by atoms with Crippen LogP contribution in [0, 0.1) is 34.5 Å². The fourth-order valence-electron chi connectivity index (χ4n) is 5.09. The summed E-state index contributed by atoms with van der Waals surface area (Å²) in [6.07, 6.45) is 8.90. The Morgan fingerprint density at radius 2 is 2.06 bits per heavy atom. The summed E-state index contributed by atoms with van der Waals surface area (Å²) in [6, 6.07) is 2.60. The Labute approximate surface area is 104 Å². The van der Waals surface area contributed by atoms with E-state index in [0.717, 1.165) is 31.6 Å². The zero-order chi connectivity index (χ0) is 12.1. The van der Waals surface area contributed by atoms with Crippen molar-refractivity contribution in [3.8, 4) is 6.07 Å². The SMILES string of the molecule is CC1CCCCC1(O)C1(C#N)CC2CCC1C2. The maximum atomic E-state index is 11.2. The van der Waals surface area contributed by atoms with Crippen molar-refractivity contribution in [2.75, 3.05) is 0 Å². The third-order valence-corrected chi connectivity index (χ3v) is 6.08. The molecular formula is C15H23NO. The van der Waals surface area contributed by atoms with Gasteiger partial charge in [0.1, 0.15) is 0 Å². The quantitative estimate of drug-likeness (QED) is 0.755. The number of rotatable bonds is 1. The molecule has 1 N–H and O–H groups in total. The highest BCUT2D eigenvalue weighted by atomic mass is 16.3. The minimum atomic E-state index is -0.695. The molecule has 3 aliphatic rings. The molecule has 17 heavy (non-hydrogen) atoms. The second-order valence-electron chi connectivity index (χ2n) is 6.73. The lowest BCUT2D eigenvalue weighted by atomic mass is 9.55.